The molecule has 0 amide bonds. The highest BCUT2D eigenvalue weighted by atomic mass is 16.6. The Kier molecular flexibility index (Phi) is 3.41. The first-order valence-electron chi connectivity index (χ1n) is 4.44. The third-order valence-corrected chi connectivity index (χ3v) is 2.05. The van der Waals surface area contributed by atoms with Crippen LogP contribution in [-0.4, -0.2) is 33.2 Å². The highest BCUT2D eigenvalue weighted by Crippen LogP contribution is 2.13. The maximum atomic E-state index is 10.5. The molecule has 1 aliphatic carbocycles. The van der Waals surface area contributed by atoms with Crippen LogP contribution in [0.15, 0.2) is 36.0 Å². The van der Waals surface area contributed by atoms with Crippen LogP contribution in [0.5, 0.6) is 0 Å². The van der Waals surface area contributed by atoms with Crippen molar-refractivity contribution in [1.82, 2.24) is 5.32 Å². The predicted octanol–water partition coefficient (Wildman–Crippen LogP) is -0.260. The zero-order valence-electron chi connectivity index (χ0n) is 8.21. The van der Waals surface area contributed by atoms with Crippen LogP contribution in [0.2, 0.25) is 0 Å². The summed E-state index contributed by atoms with van der Waals surface area (Å²) < 4.78 is 0. The minimum atomic E-state index is -2.92. The van der Waals surface area contributed by atoms with E-state index in [1.165, 1.54) is 0 Å². The van der Waals surface area contributed by atoms with Crippen LogP contribution in [0.3, 0.4) is 0 Å². The number of allylic oxidation sites excluding steroid dienone is 3. The van der Waals surface area contributed by atoms with Crippen LogP contribution in [0, 0.1) is 0 Å². The molecule has 5 nitrogen and oxygen atoms in total. The molecule has 0 saturated heterocycles. The van der Waals surface area contributed by atoms with Crippen molar-refractivity contribution in [2.75, 3.05) is 0 Å². The number of rotatable bonds is 3. The first-order chi connectivity index (χ1) is 6.97. The Hall–Kier alpha value is -1.43. The van der Waals surface area contributed by atoms with E-state index < -0.39 is 17.9 Å². The Morgan fingerprint density at radius 1 is 1.53 bits per heavy atom. The van der Waals surface area contributed by atoms with Gasteiger partial charge < -0.3 is 15.3 Å². The normalized spacial score (nSPS) is 23.4. The molecule has 0 bridgehead atoms. The topological polar surface area (TPSA) is 89.8 Å². The molecule has 0 radical (unpaired) electrons. The molecule has 1 atom stereocenters. The molecule has 1 unspecified atom stereocenters. The zero-order valence-corrected chi connectivity index (χ0v) is 8.21. The second-order valence-electron chi connectivity index (χ2n) is 3.13. The fourth-order valence-electron chi connectivity index (χ4n) is 1.24. The average Bonchev–Trinajstić information content (AvgIpc) is 2.18. The van der Waals surface area contributed by atoms with Gasteiger partial charge in [0.15, 0.2) is 0 Å². The van der Waals surface area contributed by atoms with Gasteiger partial charge in [-0.3, -0.25) is 0 Å². The van der Waals surface area contributed by atoms with Crippen molar-refractivity contribution in [3.63, 3.8) is 0 Å². The number of aliphatic carboxylic acids is 1. The first kappa shape index (κ1) is 11.6. The summed E-state index contributed by atoms with van der Waals surface area (Å²) in [5.74, 6) is -4.66. The number of nitrogens with one attached hydrogen (secondary N) is 1. The monoisotopic (exact) mass is 211 g/mol. The molecule has 0 fully saturated rings. The summed E-state index contributed by atoms with van der Waals surface area (Å²) in [6.07, 6.45) is 8.64. The molecule has 15 heavy (non-hydrogen) atoms. The molecule has 0 aromatic heterocycles. The molecule has 0 saturated carbocycles. The van der Waals surface area contributed by atoms with E-state index in [4.69, 9.17) is 15.3 Å². The number of hydrogen-bond acceptors (Lipinski definition) is 4. The van der Waals surface area contributed by atoms with Gasteiger partial charge in [-0.1, -0.05) is 30.4 Å². The molecule has 1 rings (SSSR count). The molecule has 1 aliphatic rings. The lowest BCUT2D eigenvalue weighted by Crippen LogP contribution is -2.56. The van der Waals surface area contributed by atoms with Crippen LogP contribution in [0.25, 0.3) is 0 Å². The largest absolute Gasteiger partial charge is 0.476 e. The quantitative estimate of drug-likeness (QED) is 0.483. The van der Waals surface area contributed by atoms with Gasteiger partial charge in [-0.05, 0) is 12.5 Å². The third kappa shape index (κ3) is 2.76. The summed E-state index contributed by atoms with van der Waals surface area (Å²) in [4.78, 5) is 10.5. The van der Waals surface area contributed by atoms with Gasteiger partial charge in [-0.2, -0.15) is 0 Å². The van der Waals surface area contributed by atoms with Crippen LogP contribution < -0.4 is 5.32 Å². The van der Waals surface area contributed by atoms with E-state index in [2.05, 4.69) is 5.32 Å². The summed E-state index contributed by atoms with van der Waals surface area (Å²) in [7, 11) is 0. The summed E-state index contributed by atoms with van der Waals surface area (Å²) in [6, 6.07) is -0.522. The number of carboxylic acids is 1. The van der Waals surface area contributed by atoms with Gasteiger partial charge in [0.1, 0.15) is 0 Å². The highest BCUT2D eigenvalue weighted by molar-refractivity contribution is 5.74. The van der Waals surface area contributed by atoms with Crippen molar-refractivity contribution in [1.29, 1.82) is 0 Å². The lowest BCUT2D eigenvalue weighted by Gasteiger charge is -2.25. The van der Waals surface area contributed by atoms with Gasteiger partial charge in [-0.15, -0.1) is 0 Å². The molecule has 0 heterocycles. The lowest BCUT2D eigenvalue weighted by molar-refractivity contribution is -0.216. The zero-order chi connectivity index (χ0) is 11.5. The van der Waals surface area contributed by atoms with Gasteiger partial charge in [0.05, 0.1) is 6.04 Å². The van der Waals surface area contributed by atoms with Crippen LogP contribution in [0.1, 0.15) is 6.92 Å². The number of hydrogen-bond donors (Lipinski definition) is 4. The van der Waals surface area contributed by atoms with E-state index in [1.54, 1.807) is 37.3 Å². The summed E-state index contributed by atoms with van der Waals surface area (Å²) in [5.41, 5.74) is 0.770. The van der Waals surface area contributed by atoms with Gasteiger partial charge in [-0.25, -0.2) is 10.1 Å². The van der Waals surface area contributed by atoms with E-state index in [-0.39, 0.29) is 0 Å². The fraction of sp³-hybridized carbons (Fsp3) is 0.300. The smallest absolute Gasteiger partial charge is 0.381 e. The van der Waals surface area contributed by atoms with Gasteiger partial charge in [0.25, 0.3) is 0 Å². The Balaban J connectivity index is 2.78. The van der Waals surface area contributed by atoms with E-state index in [0.717, 1.165) is 5.57 Å². The van der Waals surface area contributed by atoms with Gasteiger partial charge in [0, 0.05) is 0 Å². The van der Waals surface area contributed by atoms with Gasteiger partial charge >= 0.3 is 11.9 Å². The average molecular weight is 211 g/mol. The van der Waals surface area contributed by atoms with E-state index in [0.29, 0.717) is 0 Å². The fourth-order valence-corrected chi connectivity index (χ4v) is 1.24. The van der Waals surface area contributed by atoms with E-state index in [9.17, 15) is 4.79 Å². The molecule has 0 aromatic rings. The summed E-state index contributed by atoms with van der Waals surface area (Å²) >= 11 is 0. The Morgan fingerprint density at radius 3 is 2.73 bits per heavy atom. The van der Waals surface area contributed by atoms with E-state index >= 15 is 0 Å². The van der Waals surface area contributed by atoms with Crippen molar-refractivity contribution >= 4 is 5.97 Å². The van der Waals surface area contributed by atoms with Gasteiger partial charge in [0.2, 0.25) is 0 Å². The maximum Gasteiger partial charge on any atom is 0.381 e. The van der Waals surface area contributed by atoms with Crippen molar-refractivity contribution < 1.29 is 20.1 Å². The second-order valence-corrected chi connectivity index (χ2v) is 3.13. The number of carboxylic acid groups (broad SMARTS) is 1. The minimum Gasteiger partial charge on any atom is -0.476 e. The standard InChI is InChI=1S/C10H13NO4/c1-2-7-5-3-4-6-8(7)11-10(14,15)9(12)13/h2-6,8,11,14-15H,1H3,(H,12,13). The minimum absolute atomic E-state index is 0.522. The Morgan fingerprint density at radius 2 is 2.20 bits per heavy atom. The lowest BCUT2D eigenvalue weighted by atomic mass is 10.0. The Bertz CT molecular complexity index is 341. The van der Waals surface area contributed by atoms with Crippen molar-refractivity contribution in [3.05, 3.63) is 36.0 Å². The molecule has 5 heteroatoms. The number of carbonyl (C=O) groups is 1. The second kappa shape index (κ2) is 4.39. The Labute approximate surface area is 87.0 Å². The SMILES string of the molecule is CC=C1C=CC=CC1NC(O)(O)C(=O)O. The summed E-state index contributed by atoms with van der Waals surface area (Å²) in [6.45, 7) is 1.78. The van der Waals surface area contributed by atoms with Crippen molar-refractivity contribution in [2.24, 2.45) is 0 Å². The molecular weight excluding hydrogens is 198 g/mol. The molecule has 0 aromatic carbocycles. The third-order valence-electron chi connectivity index (χ3n) is 2.05. The van der Waals surface area contributed by atoms with Crippen LogP contribution in [-0.2, 0) is 4.79 Å². The maximum absolute atomic E-state index is 10.5. The molecule has 0 aliphatic heterocycles. The van der Waals surface area contributed by atoms with Crippen molar-refractivity contribution in [3.8, 4) is 0 Å². The van der Waals surface area contributed by atoms with Crippen molar-refractivity contribution in [2.45, 2.75) is 18.9 Å². The molecule has 82 valence electrons. The highest BCUT2D eigenvalue weighted by Gasteiger charge is 2.35. The van der Waals surface area contributed by atoms with Crippen LogP contribution >= 0.6 is 0 Å². The van der Waals surface area contributed by atoms with E-state index in [1.807, 2.05) is 0 Å². The first-order valence-corrected chi connectivity index (χ1v) is 4.44. The number of aliphatic hydroxyl groups is 2. The predicted molar refractivity (Wildman–Crippen MR) is 53.8 cm³/mol. The van der Waals surface area contributed by atoms with Crippen LogP contribution in [0.4, 0.5) is 0 Å². The molecule has 4 N–H and O–H groups in total. The molecular formula is C10H13NO4. The summed E-state index contributed by atoms with van der Waals surface area (Å²) in [5, 5.41) is 28.9. The molecule has 0 spiro atoms.